The summed E-state index contributed by atoms with van der Waals surface area (Å²) in [6.45, 7) is 3.21. The van der Waals surface area contributed by atoms with Gasteiger partial charge in [0, 0.05) is 38.4 Å². The zero-order chi connectivity index (χ0) is 16.4. The van der Waals surface area contributed by atoms with E-state index in [9.17, 15) is 14.6 Å². The van der Waals surface area contributed by atoms with Crippen LogP contribution in [0.4, 0.5) is 10.1 Å². The molecule has 0 amide bonds. The van der Waals surface area contributed by atoms with Crippen molar-refractivity contribution in [3.05, 3.63) is 30.1 Å². The lowest BCUT2D eigenvalue weighted by molar-refractivity contribution is -0.0193. The number of hydrogen-bond acceptors (Lipinski definition) is 6. The predicted octanol–water partition coefficient (Wildman–Crippen LogP) is -0.604. The zero-order valence-electron chi connectivity index (χ0n) is 13.0. The van der Waals surface area contributed by atoms with Crippen molar-refractivity contribution in [1.29, 1.82) is 0 Å². The molecule has 2 saturated heterocycles. The van der Waals surface area contributed by atoms with Crippen LogP contribution in [-0.2, 0) is 4.74 Å². The van der Waals surface area contributed by atoms with Gasteiger partial charge in [0.25, 0.3) is 0 Å². The van der Waals surface area contributed by atoms with Gasteiger partial charge in [-0.1, -0.05) is 0 Å². The third-order valence-corrected chi connectivity index (χ3v) is 4.80. The maximum atomic E-state index is 13.0. The van der Waals surface area contributed by atoms with Crippen molar-refractivity contribution >= 4 is 5.69 Å². The molecule has 1 aromatic rings. The summed E-state index contributed by atoms with van der Waals surface area (Å²) in [6, 6.07) is 6.30. The Morgan fingerprint density at radius 3 is 2.35 bits per heavy atom. The van der Waals surface area contributed by atoms with E-state index < -0.39 is 12.2 Å². The highest BCUT2D eigenvalue weighted by Crippen LogP contribution is 2.27. The molecule has 0 radical (unpaired) electrons. The summed E-state index contributed by atoms with van der Waals surface area (Å²) < 4.78 is 18.7. The van der Waals surface area contributed by atoms with Crippen molar-refractivity contribution in [2.45, 2.75) is 24.4 Å². The van der Waals surface area contributed by atoms with Crippen LogP contribution in [-0.4, -0.2) is 78.8 Å². The Hall–Kier alpha value is -1.25. The number of anilines is 1. The first-order chi connectivity index (χ1) is 11.1. The molecule has 7 heteroatoms. The van der Waals surface area contributed by atoms with Crippen LogP contribution in [0.15, 0.2) is 24.3 Å². The maximum absolute atomic E-state index is 13.0. The molecular formula is C16H24FN3O3. The number of piperazine rings is 1. The number of hydrogen-bond donors (Lipinski definition) is 3. The standard InChI is InChI=1S/C16H24FN3O3/c17-11-1-3-12(4-2-11)19-5-7-20(8-6-19)15-13(9-18)23-14(10-21)16(15)22/h1-4,13-16,21-22H,5-10,18H2. The monoisotopic (exact) mass is 325 g/mol. The van der Waals surface area contributed by atoms with Crippen LogP contribution in [0.2, 0.25) is 0 Å². The molecule has 2 heterocycles. The van der Waals surface area contributed by atoms with E-state index in [0.717, 1.165) is 31.9 Å². The summed E-state index contributed by atoms with van der Waals surface area (Å²) in [5.41, 5.74) is 6.75. The van der Waals surface area contributed by atoms with E-state index in [2.05, 4.69) is 9.80 Å². The summed E-state index contributed by atoms with van der Waals surface area (Å²) in [6.07, 6.45) is -1.56. The van der Waals surface area contributed by atoms with Gasteiger partial charge in [-0.25, -0.2) is 4.39 Å². The fraction of sp³-hybridized carbons (Fsp3) is 0.625. The summed E-state index contributed by atoms with van der Waals surface area (Å²) in [5, 5.41) is 19.7. The molecule has 1 aromatic carbocycles. The quantitative estimate of drug-likeness (QED) is 0.686. The minimum atomic E-state index is -0.731. The molecule has 3 rings (SSSR count). The fourth-order valence-corrected chi connectivity index (χ4v) is 3.55. The molecule has 2 aliphatic heterocycles. The van der Waals surface area contributed by atoms with E-state index in [0.29, 0.717) is 6.54 Å². The van der Waals surface area contributed by atoms with E-state index in [1.165, 1.54) is 12.1 Å². The molecule has 0 saturated carbocycles. The van der Waals surface area contributed by atoms with Gasteiger partial charge >= 0.3 is 0 Å². The number of nitrogens with two attached hydrogens (primary N) is 1. The average Bonchev–Trinajstić information content (AvgIpc) is 2.91. The van der Waals surface area contributed by atoms with E-state index in [1.807, 2.05) is 0 Å². The van der Waals surface area contributed by atoms with Crippen molar-refractivity contribution in [2.75, 3.05) is 44.2 Å². The molecule has 6 nitrogen and oxygen atoms in total. The van der Waals surface area contributed by atoms with Gasteiger partial charge in [-0.05, 0) is 24.3 Å². The van der Waals surface area contributed by atoms with Gasteiger partial charge in [-0.15, -0.1) is 0 Å². The lowest BCUT2D eigenvalue weighted by atomic mass is 10.0. The fourth-order valence-electron chi connectivity index (χ4n) is 3.55. The highest BCUT2D eigenvalue weighted by molar-refractivity contribution is 5.46. The van der Waals surface area contributed by atoms with Gasteiger partial charge in [0.15, 0.2) is 0 Å². The van der Waals surface area contributed by atoms with Crippen LogP contribution in [0.3, 0.4) is 0 Å². The Morgan fingerprint density at radius 1 is 1.13 bits per heavy atom. The third-order valence-electron chi connectivity index (χ3n) is 4.80. The SMILES string of the molecule is NCC1OC(CO)C(O)C1N1CCN(c2ccc(F)cc2)CC1. The van der Waals surface area contributed by atoms with Crippen molar-refractivity contribution < 1.29 is 19.3 Å². The Bertz CT molecular complexity index is 506. The number of ether oxygens (including phenoxy) is 1. The summed E-state index contributed by atoms with van der Waals surface area (Å²) in [4.78, 5) is 4.37. The second-order valence-electron chi connectivity index (χ2n) is 6.11. The van der Waals surface area contributed by atoms with Crippen molar-refractivity contribution in [1.82, 2.24) is 4.90 Å². The van der Waals surface area contributed by atoms with Gasteiger partial charge in [-0.3, -0.25) is 4.90 Å². The molecule has 0 aromatic heterocycles. The summed E-state index contributed by atoms with van der Waals surface area (Å²) >= 11 is 0. The molecule has 4 atom stereocenters. The number of aliphatic hydroxyl groups excluding tert-OH is 2. The normalized spacial score (nSPS) is 32.4. The smallest absolute Gasteiger partial charge is 0.123 e. The summed E-state index contributed by atoms with van der Waals surface area (Å²) in [5.74, 6) is -0.237. The number of rotatable bonds is 4. The van der Waals surface area contributed by atoms with Crippen LogP contribution < -0.4 is 10.6 Å². The van der Waals surface area contributed by atoms with Crippen LogP contribution in [0.5, 0.6) is 0 Å². The van der Waals surface area contributed by atoms with Crippen LogP contribution >= 0.6 is 0 Å². The Balaban J connectivity index is 1.63. The van der Waals surface area contributed by atoms with Gasteiger partial charge in [-0.2, -0.15) is 0 Å². The van der Waals surface area contributed by atoms with Crippen molar-refractivity contribution in [3.63, 3.8) is 0 Å². The van der Waals surface area contributed by atoms with Gasteiger partial charge in [0.2, 0.25) is 0 Å². The van der Waals surface area contributed by atoms with Gasteiger partial charge in [0.1, 0.15) is 18.0 Å². The lowest BCUT2D eigenvalue weighted by Gasteiger charge is -2.41. The second kappa shape index (κ2) is 7.11. The Labute approximate surface area is 135 Å². The highest BCUT2D eigenvalue weighted by Gasteiger charge is 2.46. The van der Waals surface area contributed by atoms with E-state index in [4.69, 9.17) is 10.5 Å². The number of benzene rings is 1. The van der Waals surface area contributed by atoms with Crippen LogP contribution in [0.1, 0.15) is 0 Å². The number of aliphatic hydroxyl groups is 2. The minimum Gasteiger partial charge on any atom is -0.394 e. The predicted molar refractivity (Wildman–Crippen MR) is 84.8 cm³/mol. The molecule has 4 unspecified atom stereocenters. The number of halogens is 1. The Kier molecular flexibility index (Phi) is 5.13. The summed E-state index contributed by atoms with van der Waals surface area (Å²) in [7, 11) is 0. The van der Waals surface area contributed by atoms with Crippen LogP contribution in [0, 0.1) is 5.82 Å². The first-order valence-corrected chi connectivity index (χ1v) is 8.03. The minimum absolute atomic E-state index is 0.187. The average molecular weight is 325 g/mol. The van der Waals surface area contributed by atoms with E-state index >= 15 is 0 Å². The van der Waals surface area contributed by atoms with Crippen molar-refractivity contribution in [2.24, 2.45) is 5.73 Å². The first-order valence-electron chi connectivity index (χ1n) is 8.03. The Morgan fingerprint density at radius 2 is 1.78 bits per heavy atom. The maximum Gasteiger partial charge on any atom is 0.123 e. The molecule has 23 heavy (non-hydrogen) atoms. The molecule has 4 N–H and O–H groups in total. The van der Waals surface area contributed by atoms with E-state index in [1.54, 1.807) is 12.1 Å². The largest absolute Gasteiger partial charge is 0.394 e. The second-order valence-corrected chi connectivity index (χ2v) is 6.11. The molecule has 0 bridgehead atoms. The van der Waals surface area contributed by atoms with Gasteiger partial charge < -0.3 is 25.6 Å². The highest BCUT2D eigenvalue weighted by atomic mass is 19.1. The van der Waals surface area contributed by atoms with Gasteiger partial charge in [0.05, 0.1) is 18.8 Å². The van der Waals surface area contributed by atoms with Crippen LogP contribution in [0.25, 0.3) is 0 Å². The molecule has 128 valence electrons. The zero-order valence-corrected chi connectivity index (χ0v) is 13.0. The molecule has 0 spiro atoms. The topological polar surface area (TPSA) is 82.2 Å². The third kappa shape index (κ3) is 3.34. The first kappa shape index (κ1) is 16.6. The lowest BCUT2D eigenvalue weighted by Crippen LogP contribution is -2.57. The van der Waals surface area contributed by atoms with E-state index in [-0.39, 0.29) is 24.6 Å². The molecule has 0 aliphatic carbocycles. The molecular weight excluding hydrogens is 301 g/mol. The number of nitrogens with zero attached hydrogens (tertiary/aromatic N) is 2. The molecule has 2 aliphatic rings. The van der Waals surface area contributed by atoms with Crippen molar-refractivity contribution in [3.8, 4) is 0 Å². The molecule has 2 fully saturated rings.